The average Bonchev–Trinajstić information content (AvgIpc) is 3.05. The first-order valence-electron chi connectivity index (χ1n) is 18.3. The summed E-state index contributed by atoms with van der Waals surface area (Å²) in [4.78, 5) is 24.6. The fourth-order valence-electron chi connectivity index (χ4n) is 7.04. The smallest absolute Gasteiger partial charge is 0.412 e. The minimum Gasteiger partial charge on any atom is -0.494 e. The lowest BCUT2D eigenvalue weighted by Crippen LogP contribution is -2.46. The molecule has 0 aromatic heterocycles. The molecule has 2 aromatic carbocycles. The summed E-state index contributed by atoms with van der Waals surface area (Å²) in [5.41, 5.74) is 3.04. The number of benzene rings is 2. The minimum absolute atomic E-state index is 0.139. The number of carbonyl (C=O) groups excluding carboxylic acids is 1. The largest absolute Gasteiger partial charge is 0.494 e. The predicted molar refractivity (Wildman–Crippen MR) is 203 cm³/mol. The van der Waals surface area contributed by atoms with Crippen LogP contribution in [0, 0.1) is 23.7 Å². The first-order chi connectivity index (χ1) is 23.5. The summed E-state index contributed by atoms with van der Waals surface area (Å²) < 4.78 is 17.6. The van der Waals surface area contributed by atoms with Gasteiger partial charge in [0.05, 0.1) is 28.0 Å². The van der Waals surface area contributed by atoms with Crippen LogP contribution in [-0.2, 0) is 15.9 Å². The van der Waals surface area contributed by atoms with Crippen molar-refractivity contribution in [2.45, 2.75) is 80.1 Å². The fourth-order valence-corrected chi connectivity index (χ4v) is 7.45. The number of amides is 1. The van der Waals surface area contributed by atoms with E-state index in [4.69, 9.17) is 42.4 Å². The van der Waals surface area contributed by atoms with E-state index < -0.39 is 0 Å². The molecule has 0 N–H and O–H groups in total. The lowest BCUT2D eigenvalue weighted by Gasteiger charge is -2.36. The van der Waals surface area contributed by atoms with E-state index in [1.807, 2.05) is 35.2 Å². The molecule has 0 saturated carbocycles. The molecule has 49 heavy (non-hydrogen) atoms. The number of rotatable bonds is 17. The normalized spacial score (nSPS) is 16.3. The van der Waals surface area contributed by atoms with Crippen molar-refractivity contribution in [2.24, 2.45) is 28.7 Å². The Morgan fingerprint density at radius 3 is 2.24 bits per heavy atom. The number of unbranched alkanes of at least 4 members (excludes halogenated alkanes) is 1. The molecule has 272 valence electrons. The molecule has 2 aliphatic rings. The third kappa shape index (κ3) is 12.9. The van der Waals surface area contributed by atoms with Crippen molar-refractivity contribution in [2.75, 3.05) is 64.1 Å². The van der Waals surface area contributed by atoms with Crippen LogP contribution in [0.1, 0.15) is 79.2 Å². The Kier molecular flexibility index (Phi) is 15.7. The third-order valence-corrected chi connectivity index (χ3v) is 9.98. The van der Waals surface area contributed by atoms with E-state index in [9.17, 15) is 4.79 Å². The summed E-state index contributed by atoms with van der Waals surface area (Å²) in [5.74, 6) is 3.37. The molecular formula is C39H58Cl2N4O4. The maximum absolute atomic E-state index is 13.1. The van der Waals surface area contributed by atoms with Crippen molar-refractivity contribution < 1.29 is 19.0 Å². The highest BCUT2D eigenvalue weighted by Gasteiger charge is 2.23. The number of hydrogen-bond donors (Lipinski definition) is 0. The van der Waals surface area contributed by atoms with Crippen molar-refractivity contribution >= 4 is 46.6 Å². The quantitative estimate of drug-likeness (QED) is 0.120. The summed E-state index contributed by atoms with van der Waals surface area (Å²) in [5, 5.41) is 1.24. The number of halogens is 2. The van der Waals surface area contributed by atoms with Gasteiger partial charge < -0.3 is 24.0 Å². The summed E-state index contributed by atoms with van der Waals surface area (Å²) in [7, 11) is 0. The summed E-state index contributed by atoms with van der Waals surface area (Å²) in [6.07, 6.45) is 5.37. The number of aryl methyl sites for hydroxylation is 1. The molecule has 1 amide bonds. The lowest BCUT2D eigenvalue weighted by molar-refractivity contribution is 0.0219. The number of fused-ring (bicyclic) bond motifs is 1. The molecule has 10 heteroatoms. The number of ether oxygens (including phenoxy) is 3. The molecular weight excluding hydrogens is 659 g/mol. The van der Waals surface area contributed by atoms with E-state index in [1.54, 1.807) is 0 Å². The molecule has 2 atom stereocenters. The second kappa shape index (κ2) is 19.6. The number of carbonyl (C=O) groups is 1. The van der Waals surface area contributed by atoms with Gasteiger partial charge in [0.1, 0.15) is 5.75 Å². The van der Waals surface area contributed by atoms with E-state index in [0.29, 0.717) is 65.7 Å². The van der Waals surface area contributed by atoms with Crippen molar-refractivity contribution in [3.8, 4) is 5.75 Å². The van der Waals surface area contributed by atoms with Crippen LogP contribution in [0.2, 0.25) is 10.0 Å². The molecule has 2 unspecified atom stereocenters. The Balaban J connectivity index is 1.18. The molecule has 4 rings (SSSR count). The van der Waals surface area contributed by atoms with Gasteiger partial charge in [-0.15, -0.1) is 0 Å². The summed E-state index contributed by atoms with van der Waals surface area (Å²) in [6.45, 7) is 20.1. The number of piperazine rings is 1. The van der Waals surface area contributed by atoms with Crippen molar-refractivity contribution in [1.29, 1.82) is 0 Å². The predicted octanol–water partition coefficient (Wildman–Crippen LogP) is 9.73. The number of aliphatic imine (C=N–C) groups is 1. The van der Waals surface area contributed by atoms with Gasteiger partial charge in [-0.3, -0.25) is 4.90 Å². The van der Waals surface area contributed by atoms with E-state index in [2.05, 4.69) is 57.4 Å². The molecule has 2 aromatic rings. The van der Waals surface area contributed by atoms with Gasteiger partial charge in [-0.1, -0.05) is 76.9 Å². The topological polar surface area (TPSA) is 66.8 Å². The summed E-state index contributed by atoms with van der Waals surface area (Å²) in [6, 6.07) is 11.9. The molecule has 1 fully saturated rings. The average molecular weight is 718 g/mol. The Bertz CT molecular complexity index is 1340. The highest BCUT2D eigenvalue weighted by atomic mass is 35.5. The molecule has 0 aliphatic carbocycles. The Morgan fingerprint density at radius 1 is 0.878 bits per heavy atom. The number of nitrogens with zero attached hydrogens (tertiary/aromatic N) is 4. The van der Waals surface area contributed by atoms with Gasteiger partial charge in [-0.05, 0) is 86.1 Å². The zero-order valence-corrected chi connectivity index (χ0v) is 32.1. The highest BCUT2D eigenvalue weighted by Crippen LogP contribution is 2.33. The molecule has 1 saturated heterocycles. The molecule has 2 heterocycles. The Labute approximate surface area is 305 Å². The van der Waals surface area contributed by atoms with Crippen LogP contribution in [0.3, 0.4) is 0 Å². The second-order valence-corrected chi connectivity index (χ2v) is 15.6. The van der Waals surface area contributed by atoms with Crippen LogP contribution in [0.5, 0.6) is 5.75 Å². The SMILES string of the molecule is CC(C)CC(C)CN(CC(C)CC(C)C)C(=O)OCOC1=Nc2cc(OCCCCN3CCN(c4cccc(Cl)c4Cl)CC3)ccc2CC1. The van der Waals surface area contributed by atoms with Crippen LogP contribution in [0.25, 0.3) is 0 Å². The Hall–Kier alpha value is -2.68. The maximum atomic E-state index is 13.1. The van der Waals surface area contributed by atoms with E-state index in [-0.39, 0.29) is 12.9 Å². The monoisotopic (exact) mass is 716 g/mol. The number of anilines is 1. The first kappa shape index (κ1) is 39.1. The van der Waals surface area contributed by atoms with Gasteiger partial charge in [0.15, 0.2) is 5.90 Å². The van der Waals surface area contributed by atoms with Crippen molar-refractivity contribution in [1.82, 2.24) is 9.80 Å². The van der Waals surface area contributed by atoms with Gasteiger partial charge in [0.2, 0.25) is 6.79 Å². The van der Waals surface area contributed by atoms with Crippen molar-refractivity contribution in [3.63, 3.8) is 0 Å². The third-order valence-electron chi connectivity index (χ3n) is 9.17. The van der Waals surface area contributed by atoms with E-state index in [0.717, 1.165) is 82.0 Å². The molecule has 0 spiro atoms. The Morgan fingerprint density at radius 2 is 1.57 bits per heavy atom. The van der Waals surface area contributed by atoms with Gasteiger partial charge in [0, 0.05) is 51.8 Å². The molecule has 8 nitrogen and oxygen atoms in total. The maximum Gasteiger partial charge on any atom is 0.412 e. The highest BCUT2D eigenvalue weighted by molar-refractivity contribution is 6.43. The van der Waals surface area contributed by atoms with Gasteiger partial charge in [-0.25, -0.2) is 9.79 Å². The zero-order chi connectivity index (χ0) is 35.3. The van der Waals surface area contributed by atoms with E-state index >= 15 is 0 Å². The second-order valence-electron chi connectivity index (χ2n) is 14.8. The zero-order valence-electron chi connectivity index (χ0n) is 30.6. The first-order valence-corrected chi connectivity index (χ1v) is 19.0. The van der Waals surface area contributed by atoms with Gasteiger partial charge in [-0.2, -0.15) is 0 Å². The molecule has 0 radical (unpaired) electrons. The minimum atomic E-state index is -0.316. The van der Waals surface area contributed by atoms with Crippen LogP contribution >= 0.6 is 23.2 Å². The van der Waals surface area contributed by atoms with Crippen LogP contribution in [0.4, 0.5) is 16.2 Å². The van der Waals surface area contributed by atoms with Gasteiger partial charge in [0.25, 0.3) is 0 Å². The van der Waals surface area contributed by atoms with Crippen LogP contribution < -0.4 is 9.64 Å². The van der Waals surface area contributed by atoms with Crippen LogP contribution in [0.15, 0.2) is 41.4 Å². The fraction of sp³-hybridized carbons (Fsp3) is 0.641. The lowest BCUT2D eigenvalue weighted by atomic mass is 9.96. The summed E-state index contributed by atoms with van der Waals surface area (Å²) >= 11 is 12.6. The van der Waals surface area contributed by atoms with Crippen LogP contribution in [-0.4, -0.2) is 81.0 Å². The van der Waals surface area contributed by atoms with E-state index in [1.165, 1.54) is 5.56 Å². The standard InChI is InChI=1S/C39H58Cl2N4O4/c1-28(2)22-30(5)25-45(26-31(6)23-29(3)4)39(46)49-27-48-37-15-13-32-12-14-33(24-35(32)42-37)47-21-8-7-16-43-17-19-44(20-18-43)36-11-9-10-34(40)38(36)41/h9-12,14,24,28-31H,7-8,13,15-23,25-27H2,1-6H3. The van der Waals surface area contributed by atoms with Crippen molar-refractivity contribution in [3.05, 3.63) is 52.0 Å². The molecule has 0 bridgehead atoms. The number of hydrogen-bond acceptors (Lipinski definition) is 7. The van der Waals surface area contributed by atoms with Gasteiger partial charge >= 0.3 is 6.09 Å². The molecule has 2 aliphatic heterocycles.